The molecule has 3 aliphatic heterocycles. The summed E-state index contributed by atoms with van der Waals surface area (Å²) in [6.07, 6.45) is 0.871. The molecule has 4 saturated carbocycles. The molecule has 7 rings (SSSR count). The number of aliphatic hydroxyl groups excluding tert-OH is 2. The van der Waals surface area contributed by atoms with Crippen LogP contribution in [0.4, 0.5) is 0 Å². The van der Waals surface area contributed by atoms with Gasteiger partial charge in [0.2, 0.25) is 0 Å². The van der Waals surface area contributed by atoms with Crippen molar-refractivity contribution in [2.24, 2.45) is 29.1 Å². The largest absolute Gasteiger partial charge is 1.00 e. The first kappa shape index (κ1) is 27.1. The van der Waals surface area contributed by atoms with Gasteiger partial charge in [0.25, 0.3) is 0 Å². The lowest BCUT2D eigenvalue weighted by atomic mass is 9.49. The Hall–Kier alpha value is -0.0700. The van der Waals surface area contributed by atoms with Crippen molar-refractivity contribution < 1.29 is 57.8 Å². The van der Waals surface area contributed by atoms with Crippen molar-refractivity contribution in [1.29, 1.82) is 0 Å². The molecular weight excluding hydrogens is 502 g/mol. The molecule has 0 aromatic heterocycles. The molecular formula is C27H44ClNO8. The minimum absolute atomic E-state index is 0. The van der Waals surface area contributed by atoms with Gasteiger partial charge in [0.15, 0.2) is 5.79 Å². The molecule has 15 unspecified atom stereocenters. The summed E-state index contributed by atoms with van der Waals surface area (Å²) in [5, 5.41) is 83.3. The van der Waals surface area contributed by atoms with Crippen molar-refractivity contribution in [2.75, 3.05) is 13.1 Å². The Morgan fingerprint density at radius 2 is 1.46 bits per heavy atom. The fourth-order valence-corrected chi connectivity index (χ4v) is 11.6. The van der Waals surface area contributed by atoms with E-state index in [1.165, 1.54) is 0 Å². The van der Waals surface area contributed by atoms with Gasteiger partial charge >= 0.3 is 0 Å². The van der Waals surface area contributed by atoms with Crippen LogP contribution in [0, 0.1) is 29.1 Å². The van der Waals surface area contributed by atoms with Crippen molar-refractivity contribution in [2.45, 2.75) is 124 Å². The molecule has 0 aromatic rings. The smallest absolute Gasteiger partial charge is 0.196 e. The number of hydrogen-bond acceptors (Lipinski definition) is 8. The van der Waals surface area contributed by atoms with Crippen molar-refractivity contribution in [1.82, 2.24) is 0 Å². The number of rotatable bonds is 0. The Kier molecular flexibility index (Phi) is 5.43. The summed E-state index contributed by atoms with van der Waals surface area (Å²) in [6, 6.07) is -0.277. The Morgan fingerprint density at radius 1 is 0.784 bits per heavy atom. The van der Waals surface area contributed by atoms with Crippen LogP contribution in [0.2, 0.25) is 0 Å². The summed E-state index contributed by atoms with van der Waals surface area (Å²) in [6.45, 7) is 6.92. The van der Waals surface area contributed by atoms with E-state index >= 15 is 0 Å². The van der Waals surface area contributed by atoms with E-state index in [1.807, 2.05) is 6.92 Å². The van der Waals surface area contributed by atoms with E-state index in [1.54, 1.807) is 6.92 Å². The van der Waals surface area contributed by atoms with E-state index in [4.69, 9.17) is 4.74 Å². The first-order chi connectivity index (χ1) is 16.6. The third-order valence-corrected chi connectivity index (χ3v) is 13.3. The van der Waals surface area contributed by atoms with E-state index in [2.05, 4.69) is 6.92 Å². The number of piperidine rings is 2. The van der Waals surface area contributed by atoms with Gasteiger partial charge in [-0.25, -0.2) is 0 Å². The zero-order chi connectivity index (χ0) is 25.9. The second-order valence-corrected chi connectivity index (χ2v) is 14.5. The number of quaternary nitrogens is 1. The van der Waals surface area contributed by atoms with Gasteiger partial charge in [-0.2, -0.15) is 0 Å². The number of fused-ring (bicyclic) bond motifs is 5. The lowest BCUT2D eigenvalue weighted by molar-refractivity contribution is -0.956. The molecule has 9 nitrogen and oxygen atoms in total. The van der Waals surface area contributed by atoms with Gasteiger partial charge in [-0.05, 0) is 39.0 Å². The van der Waals surface area contributed by atoms with Crippen LogP contribution in [-0.4, -0.2) is 101 Å². The van der Waals surface area contributed by atoms with Crippen molar-refractivity contribution in [3.63, 3.8) is 0 Å². The molecule has 7 aliphatic rings. The predicted octanol–water partition coefficient (Wildman–Crippen LogP) is -4.94. The zero-order valence-corrected chi connectivity index (χ0v) is 22.8. The highest BCUT2D eigenvalue weighted by Gasteiger charge is 2.89. The summed E-state index contributed by atoms with van der Waals surface area (Å²) in [5.41, 5.74) is -8.96. The summed E-state index contributed by atoms with van der Waals surface area (Å²) < 4.78 is 6.52. The van der Waals surface area contributed by atoms with Gasteiger partial charge in [-0.3, -0.25) is 0 Å². The summed E-state index contributed by atoms with van der Waals surface area (Å²) >= 11 is 0. The normalized spacial score (nSPS) is 67.6. The second kappa shape index (κ2) is 7.41. The Bertz CT molecular complexity index is 1000. The molecule has 7 fully saturated rings. The molecule has 15 atom stereocenters. The number of halogens is 1. The van der Waals surface area contributed by atoms with Crippen LogP contribution in [0.25, 0.3) is 0 Å². The van der Waals surface area contributed by atoms with Crippen LogP contribution in [0.5, 0.6) is 0 Å². The van der Waals surface area contributed by atoms with Gasteiger partial charge in [0, 0.05) is 42.4 Å². The molecule has 1 spiro atoms. The molecule has 4 bridgehead atoms. The number of hydrogen-bond donors (Lipinski definition) is 8. The Labute approximate surface area is 224 Å². The van der Waals surface area contributed by atoms with E-state index in [0.29, 0.717) is 44.6 Å². The molecule has 37 heavy (non-hydrogen) atoms. The summed E-state index contributed by atoms with van der Waals surface area (Å²) in [4.78, 5) is 1.09. The third-order valence-electron chi connectivity index (χ3n) is 13.3. The van der Waals surface area contributed by atoms with Gasteiger partial charge in [0.05, 0.1) is 30.7 Å². The number of aliphatic hydroxyl groups is 7. The Morgan fingerprint density at radius 3 is 2.16 bits per heavy atom. The number of nitrogens with one attached hydrogen (secondary N) is 1. The highest BCUT2D eigenvalue weighted by Crippen LogP contribution is 2.77. The molecule has 4 aliphatic carbocycles. The quantitative estimate of drug-likeness (QED) is 0.151. The molecule has 3 heterocycles. The monoisotopic (exact) mass is 545 g/mol. The van der Waals surface area contributed by atoms with E-state index in [9.17, 15) is 35.7 Å². The van der Waals surface area contributed by atoms with Gasteiger partial charge in [0.1, 0.15) is 34.6 Å². The zero-order valence-electron chi connectivity index (χ0n) is 22.0. The maximum absolute atomic E-state index is 12.7. The van der Waals surface area contributed by atoms with Crippen LogP contribution >= 0.6 is 0 Å². The lowest BCUT2D eigenvalue weighted by Gasteiger charge is -2.66. The predicted molar refractivity (Wildman–Crippen MR) is 125 cm³/mol. The molecule has 212 valence electrons. The molecule has 0 aromatic carbocycles. The highest BCUT2D eigenvalue weighted by atomic mass is 35.5. The topological polar surface area (TPSA) is 155 Å². The number of ether oxygens (including phenoxy) is 1. The first-order valence-electron chi connectivity index (χ1n) is 14.1. The van der Waals surface area contributed by atoms with Crippen molar-refractivity contribution in [3.05, 3.63) is 0 Å². The molecule has 3 saturated heterocycles. The highest BCUT2D eigenvalue weighted by molar-refractivity contribution is 5.36. The SMILES string of the molecule is CC1CCC2[NH+](C1)CC1C3(O)CC45OC6(O)C(O)CCC4(C)C6CCC5C3(O)CC(O)C1(O)C2(C)O.[Cl-]. The van der Waals surface area contributed by atoms with Crippen LogP contribution in [0.1, 0.15) is 72.1 Å². The summed E-state index contributed by atoms with van der Waals surface area (Å²) in [5.74, 6) is -3.21. The lowest BCUT2D eigenvalue weighted by Crippen LogP contribution is -3.23. The van der Waals surface area contributed by atoms with Gasteiger partial charge in [-0.1, -0.05) is 13.8 Å². The van der Waals surface area contributed by atoms with Gasteiger partial charge in [-0.15, -0.1) is 0 Å². The summed E-state index contributed by atoms with van der Waals surface area (Å²) in [7, 11) is 0. The van der Waals surface area contributed by atoms with Crippen LogP contribution in [0.3, 0.4) is 0 Å². The fraction of sp³-hybridized carbons (Fsp3) is 1.00. The van der Waals surface area contributed by atoms with E-state index < -0.39 is 63.3 Å². The van der Waals surface area contributed by atoms with Crippen LogP contribution in [-0.2, 0) is 4.74 Å². The Balaban J connectivity index is 0.00000252. The van der Waals surface area contributed by atoms with E-state index in [-0.39, 0.29) is 37.2 Å². The molecule has 0 radical (unpaired) electrons. The van der Waals surface area contributed by atoms with Crippen molar-refractivity contribution in [3.8, 4) is 0 Å². The van der Waals surface area contributed by atoms with Crippen molar-refractivity contribution >= 4 is 0 Å². The maximum atomic E-state index is 12.7. The third kappa shape index (κ3) is 2.61. The van der Waals surface area contributed by atoms with Gasteiger partial charge < -0.3 is 57.8 Å². The fourth-order valence-electron chi connectivity index (χ4n) is 11.6. The molecule has 8 N–H and O–H groups in total. The standard InChI is InChI=1S/C27H43NO8.ClH/c1-14-4-7-18-22(3,31)26(34)17(12-28(18)11-14)24(33)13-25-16(23(24,32)10-20(26)30)6-5-15-21(25,2)9-8-19(29)27(15,35)36-25;/h14-20,29-35H,4-13H2,1-3H3;1H. The molecule has 0 amide bonds. The first-order valence-corrected chi connectivity index (χ1v) is 14.1. The average Bonchev–Trinajstić information content (AvgIpc) is 2.97. The van der Waals surface area contributed by atoms with Crippen LogP contribution < -0.4 is 17.3 Å². The minimum Gasteiger partial charge on any atom is -1.00 e. The molecule has 10 heteroatoms. The average molecular weight is 546 g/mol. The van der Waals surface area contributed by atoms with Crippen LogP contribution in [0.15, 0.2) is 0 Å². The minimum atomic E-state index is -2.00. The second-order valence-electron chi connectivity index (χ2n) is 14.5. The maximum Gasteiger partial charge on any atom is 0.196 e. The van der Waals surface area contributed by atoms with E-state index in [0.717, 1.165) is 17.9 Å².